The van der Waals surface area contributed by atoms with Crippen LogP contribution >= 0.6 is 0 Å². The van der Waals surface area contributed by atoms with E-state index in [0.717, 1.165) is 5.41 Å². The van der Waals surface area contributed by atoms with Gasteiger partial charge in [-0.15, -0.1) is 0 Å². The van der Waals surface area contributed by atoms with E-state index in [2.05, 4.69) is 5.32 Å². The lowest BCUT2D eigenvalue weighted by Crippen LogP contribution is -2.38. The molecule has 1 atom stereocenters. The van der Waals surface area contributed by atoms with E-state index in [1.807, 2.05) is 0 Å². The van der Waals surface area contributed by atoms with Crippen LogP contribution in [0.4, 0.5) is 4.79 Å². The Morgan fingerprint density at radius 3 is 2.26 bits per heavy atom. The molecule has 0 aliphatic carbocycles. The molecule has 8 heteroatoms. The highest BCUT2D eigenvalue weighted by molar-refractivity contribution is 7.94. The van der Waals surface area contributed by atoms with Crippen molar-refractivity contribution < 1.29 is 27.5 Å². The number of hydrogen-bond donors (Lipinski definition) is 1. The van der Waals surface area contributed by atoms with E-state index in [0.29, 0.717) is 0 Å². The first-order valence-corrected chi connectivity index (χ1v) is 10.1. The minimum Gasteiger partial charge on any atom is -0.460 e. The third-order valence-corrected chi connectivity index (χ3v) is 4.46. The average Bonchev–Trinajstić information content (AvgIpc) is 2.51. The third-order valence-electron chi connectivity index (χ3n) is 3.01. The van der Waals surface area contributed by atoms with Crippen LogP contribution in [0.2, 0.25) is 0 Å². The molecule has 0 aliphatic rings. The van der Waals surface area contributed by atoms with Gasteiger partial charge in [0.2, 0.25) is 0 Å². The molecule has 0 fully saturated rings. The van der Waals surface area contributed by atoms with Crippen molar-refractivity contribution in [1.82, 2.24) is 5.32 Å². The molecule has 27 heavy (non-hydrogen) atoms. The summed E-state index contributed by atoms with van der Waals surface area (Å²) in [5.74, 6) is -0.570. The predicted octanol–water partition coefficient (Wildman–Crippen LogP) is 3.21. The molecule has 0 saturated carbocycles. The first-order chi connectivity index (χ1) is 12.4. The zero-order valence-electron chi connectivity index (χ0n) is 16.3. The van der Waals surface area contributed by atoms with Crippen LogP contribution in [0.15, 0.2) is 46.7 Å². The minimum absolute atomic E-state index is 0.113. The summed E-state index contributed by atoms with van der Waals surface area (Å²) in [7, 11) is -3.71. The average molecular weight is 397 g/mol. The summed E-state index contributed by atoms with van der Waals surface area (Å²) in [6, 6.07) is 6.95. The lowest BCUT2D eigenvalue weighted by molar-refractivity contribution is -0.155. The van der Waals surface area contributed by atoms with E-state index in [9.17, 15) is 18.0 Å². The van der Waals surface area contributed by atoms with Crippen molar-refractivity contribution in [2.45, 2.75) is 63.7 Å². The van der Waals surface area contributed by atoms with Gasteiger partial charge in [-0.25, -0.2) is 13.2 Å². The van der Waals surface area contributed by atoms with Crippen molar-refractivity contribution in [3.63, 3.8) is 0 Å². The Morgan fingerprint density at radius 2 is 1.74 bits per heavy atom. The Labute approximate surface area is 160 Å². The lowest BCUT2D eigenvalue weighted by atomic mass is 10.1. The molecule has 1 amide bonds. The molecule has 0 heterocycles. The Bertz CT molecular complexity index is 763. The number of rotatable bonds is 7. The second-order valence-electron chi connectivity index (χ2n) is 7.18. The fraction of sp³-hybridized carbons (Fsp3) is 0.474. The number of carbonyl (C=O) groups is 2. The van der Waals surface area contributed by atoms with Crippen LogP contribution in [0.25, 0.3) is 0 Å². The number of hydrogen-bond acceptors (Lipinski definition) is 6. The summed E-state index contributed by atoms with van der Waals surface area (Å²) in [6.07, 6.45) is -0.0939. The number of nitrogens with one attached hydrogen (secondary N) is 1. The minimum atomic E-state index is -3.71. The van der Waals surface area contributed by atoms with Gasteiger partial charge in [-0.1, -0.05) is 18.2 Å². The molecule has 0 aliphatic heterocycles. The maximum Gasteiger partial charge on any atom is 0.407 e. The largest absolute Gasteiger partial charge is 0.460 e. The van der Waals surface area contributed by atoms with Crippen molar-refractivity contribution in [1.29, 1.82) is 0 Å². The Hall–Kier alpha value is -2.35. The Kier molecular flexibility index (Phi) is 8.02. The Morgan fingerprint density at radius 1 is 1.15 bits per heavy atom. The first kappa shape index (κ1) is 22.7. The first-order valence-electron chi connectivity index (χ1n) is 8.56. The normalized spacial score (nSPS) is 13.4. The zero-order valence-corrected chi connectivity index (χ0v) is 17.1. The fourth-order valence-electron chi connectivity index (χ4n) is 2.02. The molecular weight excluding hydrogens is 370 g/mol. The summed E-state index contributed by atoms with van der Waals surface area (Å²) >= 11 is 0. The van der Waals surface area contributed by atoms with Crippen LogP contribution in [-0.2, 0) is 24.1 Å². The van der Waals surface area contributed by atoms with Crippen LogP contribution in [-0.4, -0.2) is 38.2 Å². The number of alkyl carbamates (subject to hydrolysis) is 1. The van der Waals surface area contributed by atoms with Crippen molar-refractivity contribution in [2.75, 3.05) is 0 Å². The van der Waals surface area contributed by atoms with Crippen molar-refractivity contribution >= 4 is 21.9 Å². The van der Waals surface area contributed by atoms with E-state index in [1.54, 1.807) is 52.8 Å². The van der Waals surface area contributed by atoms with Gasteiger partial charge in [0.05, 0.1) is 23.5 Å². The second kappa shape index (κ2) is 9.55. The molecule has 7 nitrogen and oxygen atoms in total. The second-order valence-corrected chi connectivity index (χ2v) is 9.02. The van der Waals surface area contributed by atoms with Gasteiger partial charge in [0.15, 0.2) is 9.84 Å². The van der Waals surface area contributed by atoms with Crippen molar-refractivity contribution in [2.24, 2.45) is 0 Å². The SMILES string of the molecule is CC(C)OC(=O)N[C@H](/C=C/S(=O)(=O)c1ccccc1)CC(=O)OC(C)(C)C. The maximum atomic E-state index is 12.4. The van der Waals surface area contributed by atoms with Gasteiger partial charge in [0.25, 0.3) is 0 Å². The molecule has 150 valence electrons. The van der Waals surface area contributed by atoms with Crippen LogP contribution in [0, 0.1) is 0 Å². The summed E-state index contributed by atoms with van der Waals surface area (Å²) in [6.45, 7) is 8.51. The third kappa shape index (κ3) is 9.23. The van der Waals surface area contributed by atoms with Gasteiger partial charge in [-0.3, -0.25) is 4.79 Å². The van der Waals surface area contributed by atoms with Crippen LogP contribution in [0.1, 0.15) is 41.0 Å². The molecule has 0 spiro atoms. The fourth-order valence-corrected chi connectivity index (χ4v) is 3.11. The highest BCUT2D eigenvalue weighted by Gasteiger charge is 2.22. The maximum absolute atomic E-state index is 12.4. The van der Waals surface area contributed by atoms with Crippen LogP contribution < -0.4 is 5.32 Å². The van der Waals surface area contributed by atoms with Gasteiger partial charge in [-0.05, 0) is 52.8 Å². The highest BCUT2D eigenvalue weighted by Crippen LogP contribution is 2.14. The predicted molar refractivity (Wildman–Crippen MR) is 102 cm³/mol. The summed E-state index contributed by atoms with van der Waals surface area (Å²) in [4.78, 5) is 24.0. The number of benzene rings is 1. The van der Waals surface area contributed by atoms with Gasteiger partial charge in [-0.2, -0.15) is 0 Å². The Balaban J connectivity index is 2.95. The van der Waals surface area contributed by atoms with E-state index in [1.165, 1.54) is 18.2 Å². The van der Waals surface area contributed by atoms with Gasteiger partial charge in [0, 0.05) is 5.41 Å². The van der Waals surface area contributed by atoms with E-state index in [-0.39, 0.29) is 17.4 Å². The number of sulfone groups is 1. The summed E-state index contributed by atoms with van der Waals surface area (Å²) in [5, 5.41) is 3.44. The molecule has 1 aromatic carbocycles. The standard InChI is InChI=1S/C19H27NO6S/c1-14(2)25-18(22)20-15(13-17(21)26-19(3,4)5)11-12-27(23,24)16-9-7-6-8-10-16/h6-12,14-15H,13H2,1-5H3,(H,20,22)/b12-11+/t15-/m1/s1. The number of esters is 1. The molecule has 1 N–H and O–H groups in total. The van der Waals surface area contributed by atoms with Crippen molar-refractivity contribution in [3.8, 4) is 0 Å². The number of ether oxygens (including phenoxy) is 2. The smallest absolute Gasteiger partial charge is 0.407 e. The molecule has 0 saturated heterocycles. The molecule has 0 radical (unpaired) electrons. The van der Waals surface area contributed by atoms with E-state index >= 15 is 0 Å². The monoisotopic (exact) mass is 397 g/mol. The summed E-state index contributed by atoms with van der Waals surface area (Å²) < 4.78 is 35.0. The number of amides is 1. The lowest BCUT2D eigenvalue weighted by Gasteiger charge is -2.21. The molecule has 1 aromatic rings. The van der Waals surface area contributed by atoms with Crippen molar-refractivity contribution in [3.05, 3.63) is 41.8 Å². The summed E-state index contributed by atoms with van der Waals surface area (Å²) in [5.41, 5.74) is -0.695. The van der Waals surface area contributed by atoms with E-state index < -0.39 is 33.5 Å². The molecule has 0 bridgehead atoms. The molecule has 0 aromatic heterocycles. The van der Waals surface area contributed by atoms with Gasteiger partial charge in [0.1, 0.15) is 5.60 Å². The topological polar surface area (TPSA) is 98.8 Å². The zero-order chi connectivity index (χ0) is 20.7. The van der Waals surface area contributed by atoms with E-state index in [4.69, 9.17) is 9.47 Å². The number of carbonyl (C=O) groups excluding carboxylic acids is 2. The molecule has 1 rings (SSSR count). The van der Waals surface area contributed by atoms with Crippen LogP contribution in [0.3, 0.4) is 0 Å². The van der Waals surface area contributed by atoms with Gasteiger partial charge >= 0.3 is 12.1 Å². The van der Waals surface area contributed by atoms with Crippen LogP contribution in [0.5, 0.6) is 0 Å². The highest BCUT2D eigenvalue weighted by atomic mass is 32.2. The quantitative estimate of drug-likeness (QED) is 0.710. The van der Waals surface area contributed by atoms with Gasteiger partial charge < -0.3 is 14.8 Å². The molecule has 0 unspecified atom stereocenters. The molecular formula is C19H27NO6S.